The number of benzene rings is 1. The van der Waals surface area contributed by atoms with Crippen molar-refractivity contribution in [2.75, 3.05) is 24.3 Å². The highest BCUT2D eigenvalue weighted by Gasteiger charge is 2.09. The van der Waals surface area contributed by atoms with Crippen molar-refractivity contribution in [3.05, 3.63) is 29.0 Å². The third-order valence-corrected chi connectivity index (χ3v) is 2.69. The van der Waals surface area contributed by atoms with Crippen LogP contribution in [0.1, 0.15) is 12.5 Å². The Morgan fingerprint density at radius 3 is 2.71 bits per heavy atom. The minimum absolute atomic E-state index is 0.0797. The summed E-state index contributed by atoms with van der Waals surface area (Å²) in [5, 5.41) is 14.9. The summed E-state index contributed by atoms with van der Waals surface area (Å²) in [6, 6.07) is 7.04. The smallest absolute Gasteiger partial charge is 0.233 e. The molecule has 7 nitrogen and oxygen atoms in total. The van der Waals surface area contributed by atoms with Gasteiger partial charge in [0, 0.05) is 12.6 Å². The quantitative estimate of drug-likeness (QED) is 0.876. The van der Waals surface area contributed by atoms with Crippen LogP contribution in [0, 0.1) is 11.3 Å². The molecule has 0 aliphatic heterocycles. The summed E-state index contributed by atoms with van der Waals surface area (Å²) >= 11 is 5.86. The fraction of sp³-hybridized carbons (Fsp3) is 0.231. The second-order valence-electron chi connectivity index (χ2n) is 3.93. The fourth-order valence-corrected chi connectivity index (χ4v) is 1.79. The molecule has 108 valence electrons. The van der Waals surface area contributed by atoms with Crippen molar-refractivity contribution in [2.45, 2.75) is 6.92 Å². The number of nitriles is 1. The molecule has 0 aliphatic carbocycles. The van der Waals surface area contributed by atoms with Gasteiger partial charge in [0.05, 0.1) is 24.4 Å². The minimum atomic E-state index is 0.0797. The van der Waals surface area contributed by atoms with Gasteiger partial charge in [0.15, 0.2) is 0 Å². The molecular weight excluding hydrogens is 292 g/mol. The second-order valence-corrected chi connectivity index (χ2v) is 4.27. The van der Waals surface area contributed by atoms with E-state index >= 15 is 0 Å². The number of nitrogens with one attached hydrogen (secondary N) is 2. The van der Waals surface area contributed by atoms with Crippen molar-refractivity contribution in [3.8, 4) is 11.8 Å². The van der Waals surface area contributed by atoms with Crippen LogP contribution in [-0.2, 0) is 0 Å². The van der Waals surface area contributed by atoms with Gasteiger partial charge in [-0.3, -0.25) is 0 Å². The van der Waals surface area contributed by atoms with Gasteiger partial charge in [-0.05, 0) is 30.7 Å². The van der Waals surface area contributed by atoms with E-state index in [0.717, 1.165) is 0 Å². The van der Waals surface area contributed by atoms with E-state index in [1.807, 2.05) is 13.0 Å². The standard InChI is InChI=1S/C13H13ClN6O/c1-3-16-12-18-11(14)19-13(20-12)17-9-5-4-8(7-15)6-10(9)21-2/h4-6H,3H2,1-2H3,(H2,16,17,18,19,20). The van der Waals surface area contributed by atoms with E-state index in [0.29, 0.717) is 29.5 Å². The maximum absolute atomic E-state index is 8.89. The van der Waals surface area contributed by atoms with Gasteiger partial charge < -0.3 is 15.4 Å². The molecule has 1 heterocycles. The molecule has 0 radical (unpaired) electrons. The van der Waals surface area contributed by atoms with Crippen molar-refractivity contribution < 1.29 is 4.74 Å². The molecule has 2 rings (SSSR count). The Balaban J connectivity index is 2.31. The number of methoxy groups -OCH3 is 1. The molecular formula is C13H13ClN6O. The number of hydrogen-bond donors (Lipinski definition) is 2. The van der Waals surface area contributed by atoms with Gasteiger partial charge in [0.2, 0.25) is 17.2 Å². The maximum Gasteiger partial charge on any atom is 0.233 e. The number of halogens is 1. The fourth-order valence-electron chi connectivity index (χ4n) is 1.63. The van der Waals surface area contributed by atoms with Crippen molar-refractivity contribution >= 4 is 29.2 Å². The van der Waals surface area contributed by atoms with Crippen molar-refractivity contribution in [3.63, 3.8) is 0 Å². The molecule has 0 aliphatic rings. The van der Waals surface area contributed by atoms with Crippen LogP contribution in [0.5, 0.6) is 5.75 Å². The van der Waals surface area contributed by atoms with Crippen molar-refractivity contribution in [1.29, 1.82) is 5.26 Å². The lowest BCUT2D eigenvalue weighted by atomic mass is 10.2. The SMILES string of the molecule is CCNc1nc(Cl)nc(Nc2ccc(C#N)cc2OC)n1. The Morgan fingerprint density at radius 1 is 1.29 bits per heavy atom. The van der Waals surface area contributed by atoms with E-state index in [9.17, 15) is 0 Å². The van der Waals surface area contributed by atoms with Crippen molar-refractivity contribution in [2.24, 2.45) is 0 Å². The predicted molar refractivity (Wildman–Crippen MR) is 80.0 cm³/mol. The van der Waals surface area contributed by atoms with Crippen molar-refractivity contribution in [1.82, 2.24) is 15.0 Å². The first-order valence-electron chi connectivity index (χ1n) is 6.17. The molecule has 0 atom stereocenters. The van der Waals surface area contributed by atoms with E-state index in [1.54, 1.807) is 18.2 Å². The zero-order valence-corrected chi connectivity index (χ0v) is 12.3. The van der Waals surface area contributed by atoms with Gasteiger partial charge in [0.1, 0.15) is 5.75 Å². The molecule has 0 saturated carbocycles. The van der Waals surface area contributed by atoms with Gasteiger partial charge in [-0.15, -0.1) is 0 Å². The molecule has 21 heavy (non-hydrogen) atoms. The number of rotatable bonds is 5. The minimum Gasteiger partial charge on any atom is -0.495 e. The maximum atomic E-state index is 8.89. The average Bonchev–Trinajstić information content (AvgIpc) is 2.47. The van der Waals surface area contributed by atoms with E-state index in [4.69, 9.17) is 21.6 Å². The van der Waals surface area contributed by atoms with E-state index < -0.39 is 0 Å². The van der Waals surface area contributed by atoms with Gasteiger partial charge in [-0.1, -0.05) is 0 Å². The molecule has 0 saturated heterocycles. The zero-order chi connectivity index (χ0) is 15.2. The molecule has 0 fully saturated rings. The average molecular weight is 305 g/mol. The summed E-state index contributed by atoms with van der Waals surface area (Å²) < 4.78 is 5.23. The molecule has 0 bridgehead atoms. The lowest BCUT2D eigenvalue weighted by Gasteiger charge is -2.11. The molecule has 0 spiro atoms. The predicted octanol–water partition coefficient (Wildman–Crippen LogP) is 2.58. The highest BCUT2D eigenvalue weighted by atomic mass is 35.5. The Morgan fingerprint density at radius 2 is 2.05 bits per heavy atom. The Labute approximate surface area is 127 Å². The van der Waals surface area contributed by atoms with Gasteiger partial charge in [0.25, 0.3) is 0 Å². The van der Waals surface area contributed by atoms with Crippen LogP contribution in [0.25, 0.3) is 0 Å². The van der Waals surface area contributed by atoms with Crippen LogP contribution in [0.2, 0.25) is 5.28 Å². The van der Waals surface area contributed by atoms with Crippen LogP contribution in [0.15, 0.2) is 18.2 Å². The first-order chi connectivity index (χ1) is 10.2. The highest BCUT2D eigenvalue weighted by molar-refractivity contribution is 6.28. The summed E-state index contributed by atoms with van der Waals surface area (Å²) in [6.45, 7) is 2.59. The molecule has 1 aromatic carbocycles. The van der Waals surface area contributed by atoms with Crippen LogP contribution in [0.4, 0.5) is 17.6 Å². The third-order valence-electron chi connectivity index (χ3n) is 2.52. The lowest BCUT2D eigenvalue weighted by Crippen LogP contribution is -2.07. The Hall–Kier alpha value is -2.59. The number of anilines is 3. The Bertz CT molecular complexity index is 685. The molecule has 8 heteroatoms. The summed E-state index contributed by atoms with van der Waals surface area (Å²) in [6.07, 6.45) is 0. The van der Waals surface area contributed by atoms with Gasteiger partial charge in [-0.25, -0.2) is 0 Å². The number of nitrogens with zero attached hydrogens (tertiary/aromatic N) is 4. The number of hydrogen-bond acceptors (Lipinski definition) is 7. The van der Waals surface area contributed by atoms with Crippen LogP contribution in [-0.4, -0.2) is 28.6 Å². The van der Waals surface area contributed by atoms with Gasteiger partial charge >= 0.3 is 0 Å². The first-order valence-corrected chi connectivity index (χ1v) is 6.54. The van der Waals surface area contributed by atoms with Crippen LogP contribution < -0.4 is 15.4 Å². The molecule has 2 aromatic rings. The molecule has 0 unspecified atom stereocenters. The largest absolute Gasteiger partial charge is 0.495 e. The van der Waals surface area contributed by atoms with Crippen LogP contribution in [0.3, 0.4) is 0 Å². The third kappa shape index (κ3) is 3.70. The van der Waals surface area contributed by atoms with Crippen LogP contribution >= 0.6 is 11.6 Å². The Kier molecular flexibility index (Phi) is 4.74. The molecule has 2 N–H and O–H groups in total. The zero-order valence-electron chi connectivity index (χ0n) is 11.5. The summed E-state index contributed by atoms with van der Waals surface area (Å²) in [4.78, 5) is 12.1. The van der Waals surface area contributed by atoms with E-state index in [2.05, 4.69) is 25.6 Å². The second kappa shape index (κ2) is 6.72. The van der Waals surface area contributed by atoms with Gasteiger partial charge in [-0.2, -0.15) is 20.2 Å². The highest BCUT2D eigenvalue weighted by Crippen LogP contribution is 2.27. The lowest BCUT2D eigenvalue weighted by molar-refractivity contribution is 0.416. The normalized spacial score (nSPS) is 9.81. The number of ether oxygens (including phenoxy) is 1. The molecule has 1 aromatic heterocycles. The van der Waals surface area contributed by atoms with E-state index in [-0.39, 0.29) is 11.2 Å². The summed E-state index contributed by atoms with van der Waals surface area (Å²) in [5.41, 5.74) is 1.13. The topological polar surface area (TPSA) is 95.8 Å². The summed E-state index contributed by atoms with van der Waals surface area (Å²) in [7, 11) is 1.52. The molecule has 0 amide bonds. The monoisotopic (exact) mass is 304 g/mol. The first kappa shape index (κ1) is 14.8. The summed E-state index contributed by atoms with van der Waals surface area (Å²) in [5.74, 6) is 1.18. The number of aromatic nitrogens is 3. The van der Waals surface area contributed by atoms with E-state index in [1.165, 1.54) is 7.11 Å².